The zero-order valence-electron chi connectivity index (χ0n) is 14.3. The molecule has 0 saturated heterocycles. The molecule has 0 aromatic heterocycles. The van der Waals surface area contributed by atoms with Crippen LogP contribution >= 0.6 is 46.4 Å². The number of hydrogen-bond acceptors (Lipinski definition) is 4. The first-order valence-electron chi connectivity index (χ1n) is 7.90. The maximum atomic E-state index is 13.0. The molecule has 5 nitrogen and oxygen atoms in total. The molecule has 3 aromatic rings. The number of phenolic OH excluding ortho intramolecular Hbond substituents is 2. The topological polar surface area (TPSA) is 94.8 Å². The summed E-state index contributed by atoms with van der Waals surface area (Å²) in [7, 11) is -5.11. The van der Waals surface area contributed by atoms with Gasteiger partial charge >= 0.3 is 0 Å². The lowest BCUT2D eigenvalue weighted by molar-refractivity contribution is 0.440. The van der Waals surface area contributed by atoms with Crippen LogP contribution in [0.3, 0.4) is 0 Å². The minimum absolute atomic E-state index is 0.0280. The highest BCUT2D eigenvalue weighted by Crippen LogP contribution is 2.54. The molecule has 0 saturated carbocycles. The molecule has 3 aromatic carbocycles. The Morgan fingerprint density at radius 2 is 1.38 bits per heavy atom. The molecular weight excluding hydrogens is 482 g/mol. The molecule has 0 fully saturated rings. The van der Waals surface area contributed by atoms with E-state index in [-0.39, 0.29) is 37.0 Å². The lowest BCUT2D eigenvalue weighted by atomic mass is 9.83. The first-order valence-corrected chi connectivity index (χ1v) is 10.9. The summed E-state index contributed by atoms with van der Waals surface area (Å²) in [6.45, 7) is 0. The van der Waals surface area contributed by atoms with E-state index in [0.29, 0.717) is 0 Å². The minimum Gasteiger partial charge on any atom is -0.508 e. The zero-order chi connectivity index (χ0) is 21.6. The van der Waals surface area contributed by atoms with Crippen LogP contribution in [0.4, 0.5) is 0 Å². The summed E-state index contributed by atoms with van der Waals surface area (Å²) >= 11 is 24.7. The molecule has 0 aliphatic heterocycles. The predicted molar refractivity (Wildman–Crippen MR) is 114 cm³/mol. The van der Waals surface area contributed by atoms with Gasteiger partial charge in [0.05, 0.1) is 15.1 Å². The third-order valence-electron chi connectivity index (χ3n) is 4.41. The van der Waals surface area contributed by atoms with E-state index in [1.165, 1.54) is 42.5 Å². The maximum Gasteiger partial charge on any atom is 0.283 e. The van der Waals surface area contributed by atoms with E-state index >= 15 is 0 Å². The van der Waals surface area contributed by atoms with Gasteiger partial charge in [-0.2, -0.15) is 8.42 Å². The summed E-state index contributed by atoms with van der Waals surface area (Å²) in [5.41, 5.74) is -0.582. The molecule has 0 bridgehead atoms. The van der Waals surface area contributed by atoms with Crippen LogP contribution < -0.4 is 0 Å². The summed E-state index contributed by atoms with van der Waals surface area (Å²) in [4.78, 5) is 0. The maximum absolute atomic E-state index is 13.0. The first kappa shape index (κ1) is 22.0. The average Bonchev–Trinajstić information content (AvgIpc) is 2.64. The summed E-state index contributed by atoms with van der Waals surface area (Å²) in [6.07, 6.45) is 0. The number of aromatic hydroxyl groups is 2. The number of hydrogen-bond donors (Lipinski definition) is 3. The smallest absolute Gasteiger partial charge is 0.283 e. The van der Waals surface area contributed by atoms with Crippen molar-refractivity contribution in [3.05, 3.63) is 91.4 Å². The Kier molecular flexibility index (Phi) is 5.98. The van der Waals surface area contributed by atoms with E-state index in [2.05, 4.69) is 0 Å². The van der Waals surface area contributed by atoms with Crippen molar-refractivity contribution < 1.29 is 23.2 Å². The lowest BCUT2D eigenvalue weighted by Gasteiger charge is -2.34. The van der Waals surface area contributed by atoms with Gasteiger partial charge in [-0.25, -0.2) is 0 Å². The van der Waals surface area contributed by atoms with Gasteiger partial charge in [0.2, 0.25) is 0 Å². The molecule has 0 amide bonds. The van der Waals surface area contributed by atoms with Gasteiger partial charge in [-0.1, -0.05) is 76.7 Å². The predicted octanol–water partition coefficient (Wildman–Crippen LogP) is 5.89. The van der Waals surface area contributed by atoms with Crippen LogP contribution in [0.1, 0.15) is 16.7 Å². The second kappa shape index (κ2) is 7.87. The van der Waals surface area contributed by atoms with E-state index in [0.717, 1.165) is 6.07 Å². The van der Waals surface area contributed by atoms with Crippen molar-refractivity contribution in [2.45, 2.75) is 4.75 Å². The minimum atomic E-state index is -5.11. The normalized spacial score (nSPS) is 13.8. The van der Waals surface area contributed by atoms with Gasteiger partial charge in [0.15, 0.2) is 4.75 Å². The van der Waals surface area contributed by atoms with Gasteiger partial charge in [-0.15, -0.1) is 0 Å². The molecule has 3 rings (SSSR count). The summed E-state index contributed by atoms with van der Waals surface area (Å²) in [5, 5.41) is 19.6. The van der Waals surface area contributed by atoms with Crippen molar-refractivity contribution >= 4 is 56.5 Å². The van der Waals surface area contributed by atoms with Crippen LogP contribution in [0.15, 0.2) is 54.6 Å². The van der Waals surface area contributed by atoms with E-state index in [1.807, 2.05) is 0 Å². The fraction of sp³-hybridized carbons (Fsp3) is 0.0526. The molecule has 10 heteroatoms. The van der Waals surface area contributed by atoms with Crippen LogP contribution in [-0.4, -0.2) is 23.2 Å². The Hall–Kier alpha value is -1.67. The highest BCUT2D eigenvalue weighted by Gasteiger charge is 2.52. The fourth-order valence-electron chi connectivity index (χ4n) is 3.21. The Bertz CT molecular complexity index is 1200. The lowest BCUT2D eigenvalue weighted by Crippen LogP contribution is -2.39. The van der Waals surface area contributed by atoms with Crippen molar-refractivity contribution in [2.75, 3.05) is 0 Å². The van der Waals surface area contributed by atoms with E-state index < -0.39 is 26.2 Å². The standard InChI is InChI=1S/C19H12Cl4O5S/c20-13-4-2-1-3-12(13)19(29(26,27)28,10-5-7-11(24)8-6-10)16-15(25)9-14(21)17(22)18(16)23/h1-9,24-25H,(H,26,27,28). The molecule has 0 radical (unpaired) electrons. The SMILES string of the molecule is O=S(=O)(O)C(c1ccc(O)cc1)(c1ccccc1Cl)c1c(O)cc(Cl)c(Cl)c1Cl. The monoisotopic (exact) mass is 492 g/mol. The third-order valence-corrected chi connectivity index (χ3v) is 7.43. The first-order chi connectivity index (χ1) is 13.5. The summed E-state index contributed by atoms with van der Waals surface area (Å²) in [6, 6.07) is 11.8. The summed E-state index contributed by atoms with van der Waals surface area (Å²) < 4.78 is 34.0. The molecule has 1 atom stereocenters. The Balaban J connectivity index is 2.64. The van der Waals surface area contributed by atoms with Crippen molar-refractivity contribution in [3.63, 3.8) is 0 Å². The van der Waals surface area contributed by atoms with Crippen LogP contribution in [0, 0.1) is 0 Å². The van der Waals surface area contributed by atoms with Gasteiger partial charge in [0.25, 0.3) is 10.1 Å². The average molecular weight is 494 g/mol. The van der Waals surface area contributed by atoms with Crippen LogP contribution in [0.2, 0.25) is 20.1 Å². The highest BCUT2D eigenvalue weighted by molar-refractivity contribution is 7.87. The van der Waals surface area contributed by atoms with Crippen LogP contribution in [-0.2, 0) is 14.9 Å². The largest absolute Gasteiger partial charge is 0.508 e. The molecule has 0 spiro atoms. The van der Waals surface area contributed by atoms with E-state index in [9.17, 15) is 23.2 Å². The highest BCUT2D eigenvalue weighted by atomic mass is 35.5. The molecule has 0 aliphatic rings. The number of benzene rings is 3. The summed E-state index contributed by atoms with van der Waals surface area (Å²) in [5.74, 6) is -0.781. The zero-order valence-corrected chi connectivity index (χ0v) is 18.1. The van der Waals surface area contributed by atoms with Gasteiger partial charge in [0.1, 0.15) is 11.5 Å². The molecule has 152 valence electrons. The number of halogens is 4. The molecular formula is C19H12Cl4O5S. The van der Waals surface area contributed by atoms with Gasteiger partial charge in [-0.05, 0) is 23.8 Å². The molecule has 3 N–H and O–H groups in total. The third kappa shape index (κ3) is 3.54. The second-order valence-electron chi connectivity index (χ2n) is 6.06. The van der Waals surface area contributed by atoms with E-state index in [4.69, 9.17) is 46.4 Å². The van der Waals surface area contributed by atoms with Crippen LogP contribution in [0.5, 0.6) is 11.5 Å². The van der Waals surface area contributed by atoms with Crippen molar-refractivity contribution in [3.8, 4) is 11.5 Å². The van der Waals surface area contributed by atoms with Crippen LogP contribution in [0.25, 0.3) is 0 Å². The van der Waals surface area contributed by atoms with E-state index in [1.54, 1.807) is 6.07 Å². The molecule has 29 heavy (non-hydrogen) atoms. The van der Waals surface area contributed by atoms with Gasteiger partial charge < -0.3 is 10.2 Å². The number of phenols is 2. The number of rotatable bonds is 4. The van der Waals surface area contributed by atoms with Gasteiger partial charge in [-0.3, -0.25) is 4.55 Å². The Morgan fingerprint density at radius 3 is 1.93 bits per heavy atom. The second-order valence-corrected chi connectivity index (χ2v) is 9.20. The molecule has 0 aliphatic carbocycles. The van der Waals surface area contributed by atoms with Crippen molar-refractivity contribution in [1.82, 2.24) is 0 Å². The quantitative estimate of drug-likeness (QED) is 0.239. The molecule has 0 heterocycles. The van der Waals surface area contributed by atoms with Gasteiger partial charge in [0, 0.05) is 22.2 Å². The van der Waals surface area contributed by atoms with Crippen molar-refractivity contribution in [2.24, 2.45) is 0 Å². The Morgan fingerprint density at radius 1 is 0.793 bits per heavy atom. The molecule has 1 unspecified atom stereocenters. The van der Waals surface area contributed by atoms with Crippen molar-refractivity contribution in [1.29, 1.82) is 0 Å². The fourth-order valence-corrected chi connectivity index (χ4v) is 5.69. The Labute approximate surface area is 186 Å².